The van der Waals surface area contributed by atoms with Crippen molar-refractivity contribution in [1.82, 2.24) is 15.5 Å². The minimum absolute atomic E-state index is 0.252. The van der Waals surface area contributed by atoms with Crippen LogP contribution in [0.2, 0.25) is 0 Å². The van der Waals surface area contributed by atoms with Gasteiger partial charge in [0.05, 0.1) is 7.11 Å². The van der Waals surface area contributed by atoms with E-state index in [-0.39, 0.29) is 19.0 Å². The maximum absolute atomic E-state index is 13.9. The Morgan fingerprint density at radius 2 is 1.72 bits per heavy atom. The third kappa shape index (κ3) is 9.61. The molecule has 9 nitrogen and oxygen atoms in total. The van der Waals surface area contributed by atoms with Crippen LogP contribution in [0.3, 0.4) is 0 Å². The molecule has 0 radical (unpaired) electrons. The number of benzene rings is 1. The van der Waals surface area contributed by atoms with Crippen molar-refractivity contribution < 1.29 is 28.7 Å². The molecular weight excluding hydrogens is 462 g/mol. The summed E-state index contributed by atoms with van der Waals surface area (Å²) in [6, 6.07) is 4.69. The first kappa shape index (κ1) is 30.5. The lowest BCUT2D eigenvalue weighted by atomic mass is 9.98. The summed E-state index contributed by atoms with van der Waals surface area (Å²) in [5.41, 5.74) is 0.386. The lowest BCUT2D eigenvalue weighted by molar-refractivity contribution is -0.145. The van der Waals surface area contributed by atoms with Gasteiger partial charge in [-0.1, -0.05) is 45.2 Å². The summed E-state index contributed by atoms with van der Waals surface area (Å²) in [5, 5.41) is 5.22. The van der Waals surface area contributed by atoms with E-state index in [0.717, 1.165) is 6.42 Å². The number of hydrogen-bond acceptors (Lipinski definition) is 6. The number of ether oxygens (including phenoxy) is 2. The van der Waals surface area contributed by atoms with Crippen LogP contribution in [0.15, 0.2) is 24.3 Å². The van der Waals surface area contributed by atoms with E-state index in [2.05, 4.69) is 21.3 Å². The van der Waals surface area contributed by atoms with E-state index in [1.165, 1.54) is 12.0 Å². The minimum atomic E-state index is -1.07. The van der Waals surface area contributed by atoms with Crippen LogP contribution in [0.25, 0.3) is 0 Å². The second-order valence-corrected chi connectivity index (χ2v) is 9.72. The largest absolute Gasteiger partial charge is 0.468 e. The summed E-state index contributed by atoms with van der Waals surface area (Å²) in [4.78, 5) is 52.9. The predicted molar refractivity (Wildman–Crippen MR) is 137 cm³/mol. The smallest absolute Gasteiger partial charge is 0.408 e. The highest BCUT2D eigenvalue weighted by Gasteiger charge is 2.37. The van der Waals surface area contributed by atoms with Gasteiger partial charge in [0.1, 0.15) is 24.2 Å². The molecule has 2 N–H and O–H groups in total. The molecule has 0 saturated heterocycles. The van der Waals surface area contributed by atoms with Gasteiger partial charge < -0.3 is 25.0 Å². The van der Waals surface area contributed by atoms with Crippen LogP contribution >= 0.6 is 0 Å². The fraction of sp³-hybridized carbons (Fsp3) is 0.556. The summed E-state index contributed by atoms with van der Waals surface area (Å²) in [6.45, 7) is 10.7. The number of carbonyl (C=O) groups is 4. The summed E-state index contributed by atoms with van der Waals surface area (Å²) in [6.07, 6.45) is 6.13. The van der Waals surface area contributed by atoms with E-state index in [1.807, 2.05) is 6.92 Å². The van der Waals surface area contributed by atoms with Crippen LogP contribution in [-0.4, -0.2) is 60.6 Å². The van der Waals surface area contributed by atoms with Crippen LogP contribution in [0.1, 0.15) is 71.6 Å². The van der Waals surface area contributed by atoms with Crippen molar-refractivity contribution in [3.05, 3.63) is 35.4 Å². The summed E-state index contributed by atoms with van der Waals surface area (Å²) in [7, 11) is 1.22. The van der Waals surface area contributed by atoms with Crippen molar-refractivity contribution in [2.45, 2.75) is 72.1 Å². The Morgan fingerprint density at radius 1 is 1.11 bits per heavy atom. The minimum Gasteiger partial charge on any atom is -0.468 e. The Kier molecular flexibility index (Phi) is 12.0. The molecule has 36 heavy (non-hydrogen) atoms. The van der Waals surface area contributed by atoms with Crippen LogP contribution in [0, 0.1) is 18.3 Å². The van der Waals surface area contributed by atoms with E-state index in [4.69, 9.17) is 11.2 Å². The zero-order valence-corrected chi connectivity index (χ0v) is 22.3. The number of methoxy groups -OCH3 is 1. The van der Waals surface area contributed by atoms with E-state index in [0.29, 0.717) is 17.5 Å². The number of carbonyl (C=O) groups excluding carboxylic acids is 4. The Hall–Kier alpha value is -3.54. The maximum atomic E-state index is 13.9. The normalized spacial score (nSPS) is 12.6. The molecule has 0 aliphatic carbocycles. The van der Waals surface area contributed by atoms with Crippen molar-refractivity contribution in [3.63, 3.8) is 0 Å². The molecule has 9 heteroatoms. The highest BCUT2D eigenvalue weighted by molar-refractivity contribution is 5.93. The molecule has 198 valence electrons. The summed E-state index contributed by atoms with van der Waals surface area (Å²) < 4.78 is 9.98. The molecule has 2 unspecified atom stereocenters. The van der Waals surface area contributed by atoms with Crippen molar-refractivity contribution in [2.75, 3.05) is 20.2 Å². The van der Waals surface area contributed by atoms with Crippen molar-refractivity contribution in [3.8, 4) is 12.3 Å². The molecule has 0 heterocycles. The SMILES string of the molecule is C#Cc1ccc(C(C(=O)NCC(=O)OC)N(CCCC)C(=O)C(NC(=O)OC(C)(C)C)C(C)C)cc1. The van der Waals surface area contributed by atoms with Gasteiger partial charge in [-0.05, 0) is 50.8 Å². The molecule has 0 fully saturated rings. The number of nitrogens with one attached hydrogen (secondary N) is 2. The molecule has 3 amide bonds. The maximum Gasteiger partial charge on any atom is 0.408 e. The molecule has 1 aromatic rings. The van der Waals surface area contributed by atoms with Gasteiger partial charge in [0.2, 0.25) is 11.8 Å². The highest BCUT2D eigenvalue weighted by Crippen LogP contribution is 2.25. The number of rotatable bonds is 11. The van der Waals surface area contributed by atoms with Crippen LogP contribution in [0.5, 0.6) is 0 Å². The van der Waals surface area contributed by atoms with Crippen molar-refractivity contribution in [1.29, 1.82) is 0 Å². The Bertz CT molecular complexity index is 944. The molecule has 0 aliphatic rings. The van der Waals surface area contributed by atoms with Gasteiger partial charge in [0.25, 0.3) is 0 Å². The second kappa shape index (κ2) is 14.1. The molecule has 0 spiro atoms. The Labute approximate surface area is 214 Å². The third-order valence-corrected chi connectivity index (χ3v) is 5.23. The molecule has 2 atom stereocenters. The van der Waals surface area contributed by atoms with Gasteiger partial charge in [0, 0.05) is 12.1 Å². The number of terminal acetylenes is 1. The molecule has 1 aromatic carbocycles. The molecule has 0 aliphatic heterocycles. The zero-order valence-electron chi connectivity index (χ0n) is 22.3. The molecule has 0 bridgehead atoms. The van der Waals surface area contributed by atoms with Crippen molar-refractivity contribution >= 4 is 23.9 Å². The van der Waals surface area contributed by atoms with E-state index >= 15 is 0 Å². The van der Waals surface area contributed by atoms with Crippen LogP contribution < -0.4 is 10.6 Å². The van der Waals surface area contributed by atoms with Crippen molar-refractivity contribution in [2.24, 2.45) is 5.92 Å². The fourth-order valence-corrected chi connectivity index (χ4v) is 3.38. The molecular formula is C27H39N3O6. The van der Waals surface area contributed by atoms with Gasteiger partial charge in [-0.3, -0.25) is 14.4 Å². The zero-order chi connectivity index (χ0) is 27.5. The number of amides is 3. The first-order chi connectivity index (χ1) is 16.8. The fourth-order valence-electron chi connectivity index (χ4n) is 3.38. The number of alkyl carbamates (subject to hydrolysis) is 1. The summed E-state index contributed by atoms with van der Waals surface area (Å²) >= 11 is 0. The molecule has 0 aromatic heterocycles. The topological polar surface area (TPSA) is 114 Å². The van der Waals surface area contributed by atoms with Gasteiger partial charge in [-0.15, -0.1) is 6.42 Å². The number of nitrogens with zero attached hydrogens (tertiary/aromatic N) is 1. The molecule has 0 saturated carbocycles. The lowest BCUT2D eigenvalue weighted by Crippen LogP contribution is -2.55. The quantitative estimate of drug-likeness (QED) is 0.356. The van der Waals surface area contributed by atoms with Gasteiger partial charge in [0.15, 0.2) is 0 Å². The number of unbranched alkanes of at least 4 members (excludes halogenated alkanes) is 1. The standard InChI is InChI=1S/C27H39N3O6/c1-9-11-16-30(25(33)22(18(3)4)29-26(34)36-27(5,6)7)23(24(32)28-17-21(31)35-8)20-14-12-19(10-2)13-15-20/h2,12-15,18,22-23H,9,11,16-17H2,1,3-8H3,(H,28,32)(H,29,34). The van der Waals surface area contributed by atoms with E-state index in [1.54, 1.807) is 58.9 Å². The Balaban J connectivity index is 3.45. The second-order valence-electron chi connectivity index (χ2n) is 9.72. The third-order valence-electron chi connectivity index (χ3n) is 5.23. The average molecular weight is 502 g/mol. The number of esters is 1. The first-order valence-corrected chi connectivity index (χ1v) is 12.1. The van der Waals surface area contributed by atoms with Crippen LogP contribution in [-0.2, 0) is 23.9 Å². The number of hydrogen-bond donors (Lipinski definition) is 2. The van der Waals surface area contributed by atoms with E-state index < -0.39 is 41.6 Å². The predicted octanol–water partition coefficient (Wildman–Crippen LogP) is 3.18. The lowest BCUT2D eigenvalue weighted by Gasteiger charge is -2.35. The Morgan fingerprint density at radius 3 is 2.19 bits per heavy atom. The summed E-state index contributed by atoms with van der Waals surface area (Å²) in [5.74, 6) is 0.610. The average Bonchev–Trinajstić information content (AvgIpc) is 2.81. The van der Waals surface area contributed by atoms with E-state index in [9.17, 15) is 19.2 Å². The van der Waals surface area contributed by atoms with Crippen LogP contribution in [0.4, 0.5) is 4.79 Å². The monoisotopic (exact) mass is 501 g/mol. The van der Waals surface area contributed by atoms with Gasteiger partial charge in [-0.2, -0.15) is 0 Å². The van der Waals surface area contributed by atoms with Gasteiger partial charge in [-0.25, -0.2) is 4.79 Å². The van der Waals surface area contributed by atoms with Gasteiger partial charge >= 0.3 is 12.1 Å². The molecule has 1 rings (SSSR count). The highest BCUT2D eigenvalue weighted by atomic mass is 16.6. The first-order valence-electron chi connectivity index (χ1n) is 12.1.